The van der Waals surface area contributed by atoms with Crippen LogP contribution in [0.5, 0.6) is 0 Å². The summed E-state index contributed by atoms with van der Waals surface area (Å²) in [4.78, 5) is 10.7. The second kappa shape index (κ2) is 6.33. The molecule has 2 N–H and O–H groups in total. The van der Waals surface area contributed by atoms with Gasteiger partial charge in [-0.3, -0.25) is 0 Å². The predicted octanol–water partition coefficient (Wildman–Crippen LogP) is 2.11. The lowest BCUT2D eigenvalue weighted by Gasteiger charge is -2.05. The Morgan fingerprint density at radius 2 is 2.05 bits per heavy atom. The highest BCUT2D eigenvalue weighted by Gasteiger charge is 2.18. The molecule has 0 bridgehead atoms. The molecule has 5 nitrogen and oxygen atoms in total. The summed E-state index contributed by atoms with van der Waals surface area (Å²) in [6.07, 6.45) is 0.211. The Kier molecular flexibility index (Phi) is 4.71. The van der Waals surface area contributed by atoms with Crippen molar-refractivity contribution in [2.45, 2.75) is 10.6 Å². The molecule has 0 aliphatic rings. The number of carboxylic acids is 1. The lowest BCUT2D eigenvalue weighted by Crippen LogP contribution is -2.25. The molecule has 0 unspecified atom stereocenters. The number of hydrogen-bond donors (Lipinski definition) is 2. The summed E-state index contributed by atoms with van der Waals surface area (Å²) in [6.45, 7) is 0.0313. The smallest absolute Gasteiger partial charge is 0.336 e. The molecule has 8 heteroatoms. The Balaban J connectivity index is 2.01. The van der Waals surface area contributed by atoms with Crippen molar-refractivity contribution in [3.8, 4) is 0 Å². The first-order chi connectivity index (χ1) is 9.90. The van der Waals surface area contributed by atoms with E-state index in [-0.39, 0.29) is 28.6 Å². The van der Waals surface area contributed by atoms with Crippen LogP contribution in [0.1, 0.15) is 15.9 Å². The van der Waals surface area contributed by atoms with Gasteiger partial charge in [-0.05, 0) is 24.1 Å². The SMILES string of the molecule is O=C(O)c1csc(S(=O)(=O)NCCc2ccccc2F)c1. The Bertz CT molecular complexity index is 755. The van der Waals surface area contributed by atoms with Crippen LogP contribution >= 0.6 is 11.3 Å². The number of sulfonamides is 1. The van der Waals surface area contributed by atoms with E-state index in [1.165, 1.54) is 11.4 Å². The molecular formula is C13H12FNO4S2. The molecule has 0 aliphatic heterocycles. The fraction of sp³-hybridized carbons (Fsp3) is 0.154. The van der Waals surface area contributed by atoms with Crippen LogP contribution in [0.4, 0.5) is 4.39 Å². The number of carboxylic acid groups (broad SMARTS) is 1. The summed E-state index contributed by atoms with van der Waals surface area (Å²) in [7, 11) is -3.77. The highest BCUT2D eigenvalue weighted by molar-refractivity contribution is 7.91. The fourth-order valence-corrected chi connectivity index (χ4v) is 3.89. The van der Waals surface area contributed by atoms with Crippen molar-refractivity contribution in [1.82, 2.24) is 4.72 Å². The number of aromatic carboxylic acids is 1. The Morgan fingerprint density at radius 3 is 2.67 bits per heavy atom. The average Bonchev–Trinajstić information content (AvgIpc) is 2.91. The second-order valence-corrected chi connectivity index (χ2v) is 7.10. The number of nitrogens with one attached hydrogen (secondary N) is 1. The van der Waals surface area contributed by atoms with Gasteiger partial charge in [-0.25, -0.2) is 22.3 Å². The first-order valence-corrected chi connectivity index (χ1v) is 8.31. The third-order valence-electron chi connectivity index (χ3n) is 2.73. The van der Waals surface area contributed by atoms with E-state index in [0.717, 1.165) is 17.4 Å². The van der Waals surface area contributed by atoms with Crippen LogP contribution in [0.3, 0.4) is 0 Å². The molecule has 0 saturated heterocycles. The van der Waals surface area contributed by atoms with Gasteiger partial charge in [-0.2, -0.15) is 0 Å². The zero-order valence-electron chi connectivity index (χ0n) is 10.7. The number of rotatable bonds is 6. The van der Waals surface area contributed by atoms with Crippen LogP contribution in [0.25, 0.3) is 0 Å². The van der Waals surface area contributed by atoms with Crippen LogP contribution in [0.15, 0.2) is 39.9 Å². The van der Waals surface area contributed by atoms with Gasteiger partial charge in [0.1, 0.15) is 10.0 Å². The number of thiophene rings is 1. The lowest BCUT2D eigenvalue weighted by molar-refractivity contribution is 0.0697. The quantitative estimate of drug-likeness (QED) is 0.850. The summed E-state index contributed by atoms with van der Waals surface area (Å²) < 4.78 is 39.5. The monoisotopic (exact) mass is 329 g/mol. The Labute approximate surface area is 125 Å². The van der Waals surface area contributed by atoms with Crippen molar-refractivity contribution in [2.24, 2.45) is 0 Å². The minimum atomic E-state index is -3.77. The van der Waals surface area contributed by atoms with Crippen LogP contribution in [0.2, 0.25) is 0 Å². The first-order valence-electron chi connectivity index (χ1n) is 5.95. The maximum Gasteiger partial charge on any atom is 0.336 e. The standard InChI is InChI=1S/C13H12FNO4S2/c14-11-4-2-1-3-9(11)5-6-15-21(18,19)12-7-10(8-20-12)13(16)17/h1-4,7-8,15H,5-6H2,(H,16,17). The predicted molar refractivity (Wildman–Crippen MR) is 76.6 cm³/mol. The first kappa shape index (κ1) is 15.6. The summed E-state index contributed by atoms with van der Waals surface area (Å²) in [6, 6.07) is 7.21. The molecule has 1 aromatic carbocycles. The molecule has 2 rings (SSSR count). The van der Waals surface area contributed by atoms with Crippen LogP contribution in [-0.2, 0) is 16.4 Å². The molecule has 2 aromatic rings. The van der Waals surface area contributed by atoms with Crippen molar-refractivity contribution in [1.29, 1.82) is 0 Å². The van der Waals surface area contributed by atoms with Gasteiger partial charge < -0.3 is 5.11 Å². The highest BCUT2D eigenvalue weighted by Crippen LogP contribution is 2.20. The number of benzene rings is 1. The second-order valence-electron chi connectivity index (χ2n) is 4.20. The van der Waals surface area contributed by atoms with Crippen molar-refractivity contribution in [3.63, 3.8) is 0 Å². The summed E-state index contributed by atoms with van der Waals surface area (Å²) in [5, 5.41) is 10.0. The summed E-state index contributed by atoms with van der Waals surface area (Å²) in [5.74, 6) is -1.57. The van der Waals surface area contributed by atoms with Gasteiger partial charge >= 0.3 is 5.97 Å². The Morgan fingerprint density at radius 1 is 1.33 bits per heavy atom. The van der Waals surface area contributed by atoms with E-state index in [0.29, 0.717) is 5.56 Å². The molecule has 0 aliphatic carbocycles. The van der Waals surface area contributed by atoms with Gasteiger partial charge in [0.25, 0.3) is 0 Å². The molecular weight excluding hydrogens is 317 g/mol. The normalized spacial score (nSPS) is 11.5. The third kappa shape index (κ3) is 3.87. The van der Waals surface area contributed by atoms with E-state index in [4.69, 9.17) is 5.11 Å². The number of carbonyl (C=O) groups is 1. The molecule has 0 atom stereocenters. The Hall–Kier alpha value is -1.77. The molecule has 1 heterocycles. The largest absolute Gasteiger partial charge is 0.478 e. The maximum absolute atomic E-state index is 13.4. The van der Waals surface area contributed by atoms with Crippen LogP contribution < -0.4 is 4.72 Å². The van der Waals surface area contributed by atoms with Crippen LogP contribution in [0, 0.1) is 5.82 Å². The van der Waals surface area contributed by atoms with Crippen LogP contribution in [-0.4, -0.2) is 26.0 Å². The molecule has 21 heavy (non-hydrogen) atoms. The van der Waals surface area contributed by atoms with E-state index < -0.39 is 16.0 Å². The lowest BCUT2D eigenvalue weighted by atomic mass is 10.1. The summed E-state index contributed by atoms with van der Waals surface area (Å²) in [5.41, 5.74) is 0.340. The molecule has 0 amide bonds. The van der Waals surface area contributed by atoms with Gasteiger partial charge in [0, 0.05) is 11.9 Å². The minimum absolute atomic E-state index is 0.0313. The molecule has 0 spiro atoms. The third-order valence-corrected chi connectivity index (χ3v) is 5.63. The molecule has 0 fully saturated rings. The molecule has 0 radical (unpaired) electrons. The zero-order valence-corrected chi connectivity index (χ0v) is 12.4. The maximum atomic E-state index is 13.4. The van der Waals surface area contributed by atoms with Crippen molar-refractivity contribution >= 4 is 27.3 Å². The fourth-order valence-electron chi connectivity index (χ4n) is 1.66. The van der Waals surface area contributed by atoms with E-state index in [9.17, 15) is 17.6 Å². The van der Waals surface area contributed by atoms with E-state index in [1.807, 2.05) is 0 Å². The number of halogens is 1. The molecule has 0 saturated carbocycles. The van der Waals surface area contributed by atoms with Gasteiger partial charge in [0.2, 0.25) is 10.0 Å². The molecule has 112 valence electrons. The highest BCUT2D eigenvalue weighted by atomic mass is 32.2. The van der Waals surface area contributed by atoms with Gasteiger partial charge in [0.15, 0.2) is 0 Å². The summed E-state index contributed by atoms with van der Waals surface area (Å²) >= 11 is 0.829. The average molecular weight is 329 g/mol. The van der Waals surface area contributed by atoms with Crippen molar-refractivity contribution < 1.29 is 22.7 Å². The topological polar surface area (TPSA) is 83.5 Å². The minimum Gasteiger partial charge on any atom is -0.478 e. The van der Waals surface area contributed by atoms with E-state index in [2.05, 4.69) is 4.72 Å². The van der Waals surface area contributed by atoms with Crippen molar-refractivity contribution in [2.75, 3.05) is 6.54 Å². The van der Waals surface area contributed by atoms with E-state index in [1.54, 1.807) is 18.2 Å². The van der Waals surface area contributed by atoms with Gasteiger partial charge in [0.05, 0.1) is 5.56 Å². The van der Waals surface area contributed by atoms with Gasteiger partial charge in [-0.1, -0.05) is 18.2 Å². The molecule has 1 aromatic heterocycles. The van der Waals surface area contributed by atoms with Gasteiger partial charge in [-0.15, -0.1) is 11.3 Å². The van der Waals surface area contributed by atoms with E-state index >= 15 is 0 Å². The zero-order chi connectivity index (χ0) is 15.5. The van der Waals surface area contributed by atoms with Crippen molar-refractivity contribution in [3.05, 3.63) is 52.7 Å². The number of hydrogen-bond acceptors (Lipinski definition) is 4.